The van der Waals surface area contributed by atoms with Gasteiger partial charge in [0.15, 0.2) is 0 Å². The number of halogens is 3. The summed E-state index contributed by atoms with van der Waals surface area (Å²) in [7, 11) is 0. The number of fused-ring (bicyclic) bond motifs is 5. The van der Waals surface area contributed by atoms with Crippen molar-refractivity contribution in [3.8, 4) is 11.1 Å². The van der Waals surface area contributed by atoms with E-state index < -0.39 is 11.7 Å². The van der Waals surface area contributed by atoms with Crippen LogP contribution in [-0.2, 0) is 6.18 Å². The summed E-state index contributed by atoms with van der Waals surface area (Å²) in [5.74, 6) is 0.646. The topological polar surface area (TPSA) is 3.24 Å². The van der Waals surface area contributed by atoms with Crippen LogP contribution in [0.4, 0.5) is 13.2 Å². The second-order valence-electron chi connectivity index (χ2n) is 8.69. The van der Waals surface area contributed by atoms with Gasteiger partial charge in [-0.15, -0.1) is 0 Å². The van der Waals surface area contributed by atoms with E-state index in [2.05, 4.69) is 23.1 Å². The monoisotopic (exact) mass is 385 g/mol. The van der Waals surface area contributed by atoms with Crippen molar-refractivity contribution in [1.29, 1.82) is 0 Å². The molecule has 1 heterocycles. The van der Waals surface area contributed by atoms with E-state index in [0.717, 1.165) is 11.1 Å². The third kappa shape index (κ3) is 3.16. The molecule has 2 unspecified atom stereocenters. The van der Waals surface area contributed by atoms with Crippen LogP contribution in [0.15, 0.2) is 42.5 Å². The second-order valence-corrected chi connectivity index (χ2v) is 8.69. The van der Waals surface area contributed by atoms with Gasteiger partial charge in [-0.25, -0.2) is 0 Å². The van der Waals surface area contributed by atoms with Gasteiger partial charge in [-0.2, -0.15) is 13.2 Å². The van der Waals surface area contributed by atoms with Gasteiger partial charge in [-0.1, -0.05) is 37.1 Å². The van der Waals surface area contributed by atoms with Crippen LogP contribution in [0.25, 0.3) is 11.1 Å². The summed E-state index contributed by atoms with van der Waals surface area (Å²) in [6.07, 6.45) is 4.77. The van der Waals surface area contributed by atoms with Crippen molar-refractivity contribution in [3.63, 3.8) is 0 Å². The van der Waals surface area contributed by atoms with Crippen molar-refractivity contribution >= 4 is 0 Å². The molecule has 148 valence electrons. The molecular formula is C24H26F3N. The number of hydrogen-bond acceptors (Lipinski definition) is 1. The number of benzene rings is 2. The van der Waals surface area contributed by atoms with Crippen LogP contribution in [-0.4, -0.2) is 17.5 Å². The SMILES string of the molecule is FC(F)(F)c1ccc(-c2ccc3c(c2)C2CC3CCCN2C2CCCC2)cc1. The molecule has 4 heteroatoms. The first-order valence-electron chi connectivity index (χ1n) is 10.6. The molecule has 1 saturated carbocycles. The lowest BCUT2D eigenvalue weighted by molar-refractivity contribution is -0.137. The highest BCUT2D eigenvalue weighted by atomic mass is 19.4. The Balaban J connectivity index is 1.49. The largest absolute Gasteiger partial charge is 0.416 e. The maximum Gasteiger partial charge on any atom is 0.416 e. The van der Waals surface area contributed by atoms with Crippen molar-refractivity contribution in [2.75, 3.05) is 6.54 Å². The Bertz CT molecular complexity index is 849. The van der Waals surface area contributed by atoms with E-state index in [1.165, 1.54) is 74.8 Å². The Kier molecular flexibility index (Phi) is 4.50. The zero-order chi connectivity index (χ0) is 19.3. The fourth-order valence-corrected chi connectivity index (χ4v) is 5.73. The van der Waals surface area contributed by atoms with E-state index in [9.17, 15) is 13.2 Å². The molecule has 2 aliphatic carbocycles. The Morgan fingerprint density at radius 3 is 2.21 bits per heavy atom. The molecule has 1 aliphatic heterocycles. The van der Waals surface area contributed by atoms with Crippen LogP contribution in [0.2, 0.25) is 0 Å². The van der Waals surface area contributed by atoms with Crippen LogP contribution < -0.4 is 0 Å². The molecule has 5 rings (SSSR count). The lowest BCUT2D eigenvalue weighted by atomic mass is 9.93. The third-order valence-electron chi connectivity index (χ3n) is 7.10. The van der Waals surface area contributed by atoms with Crippen molar-refractivity contribution in [3.05, 3.63) is 59.2 Å². The zero-order valence-electron chi connectivity index (χ0n) is 16.0. The minimum atomic E-state index is -4.28. The van der Waals surface area contributed by atoms with Gasteiger partial charge in [0.05, 0.1) is 5.56 Å². The van der Waals surface area contributed by atoms with E-state index in [-0.39, 0.29) is 0 Å². The second kappa shape index (κ2) is 6.91. The Hall–Kier alpha value is -1.81. The normalized spacial score (nSPS) is 25.7. The summed E-state index contributed by atoms with van der Waals surface area (Å²) >= 11 is 0. The van der Waals surface area contributed by atoms with Crippen LogP contribution >= 0.6 is 0 Å². The molecule has 0 radical (unpaired) electrons. The van der Waals surface area contributed by atoms with Crippen molar-refractivity contribution in [2.24, 2.45) is 0 Å². The smallest absolute Gasteiger partial charge is 0.293 e. The Morgan fingerprint density at radius 2 is 1.50 bits per heavy atom. The van der Waals surface area contributed by atoms with Crippen LogP contribution in [0.5, 0.6) is 0 Å². The molecule has 0 N–H and O–H groups in total. The van der Waals surface area contributed by atoms with Crippen molar-refractivity contribution < 1.29 is 13.2 Å². The van der Waals surface area contributed by atoms with Gasteiger partial charge in [0.2, 0.25) is 0 Å². The van der Waals surface area contributed by atoms with E-state index >= 15 is 0 Å². The molecule has 2 fully saturated rings. The number of rotatable bonds is 2. The van der Waals surface area contributed by atoms with Gasteiger partial charge in [0, 0.05) is 12.1 Å². The molecule has 2 aromatic rings. The highest BCUT2D eigenvalue weighted by molar-refractivity contribution is 5.66. The summed E-state index contributed by atoms with van der Waals surface area (Å²) < 4.78 is 38.6. The van der Waals surface area contributed by atoms with Gasteiger partial charge in [-0.3, -0.25) is 4.90 Å². The van der Waals surface area contributed by atoms with Gasteiger partial charge < -0.3 is 0 Å². The van der Waals surface area contributed by atoms with Crippen LogP contribution in [0.3, 0.4) is 0 Å². The molecule has 0 aromatic heterocycles. The first kappa shape index (κ1) is 18.2. The van der Waals surface area contributed by atoms with Crippen LogP contribution in [0, 0.1) is 0 Å². The quantitative estimate of drug-likeness (QED) is 0.541. The van der Waals surface area contributed by atoms with E-state index in [1.54, 1.807) is 12.1 Å². The fraction of sp³-hybridized carbons (Fsp3) is 0.500. The molecule has 3 aliphatic rings. The molecule has 0 spiro atoms. The first-order chi connectivity index (χ1) is 13.5. The van der Waals surface area contributed by atoms with E-state index in [0.29, 0.717) is 18.0 Å². The minimum absolute atomic E-state index is 0.486. The number of alkyl halides is 3. The molecular weight excluding hydrogens is 359 g/mol. The summed E-state index contributed by atoms with van der Waals surface area (Å²) in [6.45, 7) is 1.19. The van der Waals surface area contributed by atoms with Gasteiger partial charge in [0.1, 0.15) is 0 Å². The summed E-state index contributed by atoms with van der Waals surface area (Å²) in [5, 5.41) is 0. The first-order valence-corrected chi connectivity index (χ1v) is 10.6. The molecule has 2 atom stereocenters. The molecule has 0 amide bonds. The summed E-state index contributed by atoms with van der Waals surface area (Å²) in [4.78, 5) is 2.76. The van der Waals surface area contributed by atoms with Gasteiger partial charge in [-0.05, 0) is 85.0 Å². The van der Waals surface area contributed by atoms with Crippen LogP contribution in [0.1, 0.15) is 73.6 Å². The van der Waals surface area contributed by atoms with Gasteiger partial charge in [0.25, 0.3) is 0 Å². The predicted octanol–water partition coefficient (Wildman–Crippen LogP) is 6.94. The third-order valence-corrected chi connectivity index (χ3v) is 7.10. The molecule has 2 bridgehead atoms. The lowest BCUT2D eigenvalue weighted by Gasteiger charge is -2.34. The average Bonchev–Trinajstić information content (AvgIpc) is 3.27. The molecule has 1 saturated heterocycles. The fourth-order valence-electron chi connectivity index (χ4n) is 5.73. The summed E-state index contributed by atoms with van der Waals surface area (Å²) in [5.41, 5.74) is 4.21. The highest BCUT2D eigenvalue weighted by Crippen LogP contribution is 2.50. The standard InChI is InChI=1S/C24H26F3N/c25-24(26,27)19-10-7-16(8-11-19)17-9-12-21-18-4-3-13-28(20-5-1-2-6-20)23(15-18)22(21)14-17/h7-12,14,18,20,23H,1-6,13,15H2. The lowest BCUT2D eigenvalue weighted by Crippen LogP contribution is -2.36. The predicted molar refractivity (Wildman–Crippen MR) is 105 cm³/mol. The maximum atomic E-state index is 12.9. The number of likely N-dealkylation sites (tertiary alicyclic amines) is 1. The summed E-state index contributed by atoms with van der Waals surface area (Å²) in [6, 6.07) is 13.4. The molecule has 1 nitrogen and oxygen atoms in total. The Morgan fingerprint density at radius 1 is 0.786 bits per heavy atom. The van der Waals surface area contributed by atoms with Crippen molar-refractivity contribution in [1.82, 2.24) is 4.90 Å². The number of nitrogens with zero attached hydrogens (tertiary/aromatic N) is 1. The minimum Gasteiger partial charge on any atom is -0.293 e. The Labute approximate surface area is 164 Å². The van der Waals surface area contributed by atoms with E-state index in [1.807, 2.05) is 0 Å². The average molecular weight is 385 g/mol. The van der Waals surface area contributed by atoms with E-state index in [4.69, 9.17) is 0 Å². The maximum absolute atomic E-state index is 12.9. The molecule has 28 heavy (non-hydrogen) atoms. The highest BCUT2D eigenvalue weighted by Gasteiger charge is 2.40. The molecule has 2 aromatic carbocycles. The number of hydrogen-bond donors (Lipinski definition) is 0. The zero-order valence-corrected chi connectivity index (χ0v) is 16.0. The van der Waals surface area contributed by atoms with Crippen molar-refractivity contribution in [2.45, 2.75) is 69.1 Å². The van der Waals surface area contributed by atoms with Gasteiger partial charge >= 0.3 is 6.18 Å².